The monoisotopic (exact) mass is 284 g/mol. The summed E-state index contributed by atoms with van der Waals surface area (Å²) in [5.41, 5.74) is 3.73. The zero-order valence-electron chi connectivity index (χ0n) is 12.4. The van der Waals surface area contributed by atoms with E-state index in [-0.39, 0.29) is 11.9 Å². The Morgan fingerprint density at radius 2 is 2.10 bits per heavy atom. The third kappa shape index (κ3) is 2.97. The second-order valence-corrected chi connectivity index (χ2v) is 5.55. The number of carbonyl (C=O) groups is 1. The van der Waals surface area contributed by atoms with Crippen LogP contribution in [0.2, 0.25) is 0 Å². The van der Waals surface area contributed by atoms with Gasteiger partial charge in [-0.15, -0.1) is 0 Å². The van der Waals surface area contributed by atoms with Crippen LogP contribution in [0.1, 0.15) is 28.2 Å². The van der Waals surface area contributed by atoms with E-state index in [9.17, 15) is 4.79 Å². The molecule has 110 valence electrons. The summed E-state index contributed by atoms with van der Waals surface area (Å²) in [4.78, 5) is 12.2. The standard InChI is InChI=1S/C16H20N4O/c1-11-9-12(2)20(19-11)15-5-3-13(4-6-15)16(21)18-14-7-8-17-10-14/h3-6,9,14,17H,7-8,10H2,1-2H3,(H,18,21). The van der Waals surface area contributed by atoms with E-state index in [0.717, 1.165) is 36.6 Å². The minimum atomic E-state index is -0.0105. The molecule has 1 atom stereocenters. The van der Waals surface area contributed by atoms with Crippen molar-refractivity contribution in [1.29, 1.82) is 0 Å². The molecule has 0 bridgehead atoms. The van der Waals surface area contributed by atoms with Crippen molar-refractivity contribution in [2.75, 3.05) is 13.1 Å². The predicted molar refractivity (Wildman–Crippen MR) is 81.8 cm³/mol. The van der Waals surface area contributed by atoms with E-state index >= 15 is 0 Å². The van der Waals surface area contributed by atoms with Gasteiger partial charge in [0.2, 0.25) is 0 Å². The molecule has 0 spiro atoms. The van der Waals surface area contributed by atoms with Crippen LogP contribution in [0.3, 0.4) is 0 Å². The highest BCUT2D eigenvalue weighted by Crippen LogP contribution is 2.13. The minimum Gasteiger partial charge on any atom is -0.348 e. The van der Waals surface area contributed by atoms with Crippen LogP contribution >= 0.6 is 0 Å². The fourth-order valence-corrected chi connectivity index (χ4v) is 2.69. The first-order chi connectivity index (χ1) is 10.1. The van der Waals surface area contributed by atoms with Gasteiger partial charge in [0.25, 0.3) is 5.91 Å². The van der Waals surface area contributed by atoms with Crippen LogP contribution in [0.25, 0.3) is 5.69 Å². The van der Waals surface area contributed by atoms with Crippen LogP contribution in [0.4, 0.5) is 0 Å². The maximum absolute atomic E-state index is 12.2. The van der Waals surface area contributed by atoms with Gasteiger partial charge in [-0.2, -0.15) is 5.10 Å². The topological polar surface area (TPSA) is 59.0 Å². The number of nitrogens with zero attached hydrogens (tertiary/aromatic N) is 2. The number of hydrogen-bond acceptors (Lipinski definition) is 3. The van der Waals surface area contributed by atoms with E-state index in [0.29, 0.717) is 5.56 Å². The maximum Gasteiger partial charge on any atom is 0.251 e. The van der Waals surface area contributed by atoms with Crippen LogP contribution in [0.5, 0.6) is 0 Å². The van der Waals surface area contributed by atoms with Crippen molar-refractivity contribution in [3.63, 3.8) is 0 Å². The van der Waals surface area contributed by atoms with Gasteiger partial charge in [-0.1, -0.05) is 0 Å². The lowest BCUT2D eigenvalue weighted by molar-refractivity contribution is 0.0940. The second-order valence-electron chi connectivity index (χ2n) is 5.55. The average Bonchev–Trinajstić information content (AvgIpc) is 3.08. The van der Waals surface area contributed by atoms with Crippen molar-refractivity contribution in [2.45, 2.75) is 26.3 Å². The maximum atomic E-state index is 12.2. The first kappa shape index (κ1) is 13.8. The van der Waals surface area contributed by atoms with Crippen LogP contribution in [0, 0.1) is 13.8 Å². The van der Waals surface area contributed by atoms with Crippen molar-refractivity contribution in [2.24, 2.45) is 0 Å². The lowest BCUT2D eigenvalue weighted by Crippen LogP contribution is -2.36. The summed E-state index contributed by atoms with van der Waals surface area (Å²) in [6.07, 6.45) is 0.996. The highest BCUT2D eigenvalue weighted by Gasteiger charge is 2.17. The van der Waals surface area contributed by atoms with Gasteiger partial charge >= 0.3 is 0 Å². The molecule has 1 aliphatic heterocycles. The van der Waals surface area contributed by atoms with E-state index in [1.807, 2.05) is 48.9 Å². The Bertz CT molecular complexity index is 639. The summed E-state index contributed by atoms with van der Waals surface area (Å²) < 4.78 is 1.89. The Labute approximate surface area is 124 Å². The molecule has 1 amide bonds. The molecule has 1 unspecified atom stereocenters. The largest absolute Gasteiger partial charge is 0.348 e. The Morgan fingerprint density at radius 1 is 1.33 bits per heavy atom. The van der Waals surface area contributed by atoms with Crippen molar-refractivity contribution in [3.05, 3.63) is 47.3 Å². The molecule has 2 N–H and O–H groups in total. The average molecular weight is 284 g/mol. The van der Waals surface area contributed by atoms with Crippen LogP contribution < -0.4 is 10.6 Å². The molecule has 1 aromatic carbocycles. The molecule has 1 saturated heterocycles. The van der Waals surface area contributed by atoms with Crippen molar-refractivity contribution >= 4 is 5.91 Å². The first-order valence-corrected chi connectivity index (χ1v) is 7.29. The molecule has 5 heteroatoms. The summed E-state index contributed by atoms with van der Waals surface area (Å²) in [5.74, 6) is -0.0105. The van der Waals surface area contributed by atoms with Gasteiger partial charge in [-0.05, 0) is 57.1 Å². The first-order valence-electron chi connectivity index (χ1n) is 7.29. The molecule has 5 nitrogen and oxygen atoms in total. The predicted octanol–water partition coefficient (Wildman–Crippen LogP) is 1.58. The summed E-state index contributed by atoms with van der Waals surface area (Å²) in [6, 6.07) is 9.84. The quantitative estimate of drug-likeness (QED) is 0.899. The van der Waals surface area contributed by atoms with Gasteiger partial charge in [-0.25, -0.2) is 4.68 Å². The molecular formula is C16H20N4O. The molecule has 3 rings (SSSR count). The summed E-state index contributed by atoms with van der Waals surface area (Å²) >= 11 is 0. The van der Waals surface area contributed by atoms with Crippen LogP contribution in [-0.2, 0) is 0 Å². The van der Waals surface area contributed by atoms with Gasteiger partial charge in [0, 0.05) is 23.8 Å². The molecule has 1 aliphatic rings. The zero-order chi connectivity index (χ0) is 14.8. The molecule has 0 radical (unpaired) electrons. The van der Waals surface area contributed by atoms with Crippen molar-refractivity contribution in [3.8, 4) is 5.69 Å². The summed E-state index contributed by atoms with van der Waals surface area (Å²) in [6.45, 7) is 5.83. The number of amides is 1. The number of benzene rings is 1. The molecule has 21 heavy (non-hydrogen) atoms. The van der Waals surface area contributed by atoms with E-state index in [2.05, 4.69) is 15.7 Å². The van der Waals surface area contributed by atoms with Crippen LogP contribution in [-0.4, -0.2) is 34.8 Å². The Morgan fingerprint density at radius 3 is 2.67 bits per heavy atom. The van der Waals surface area contributed by atoms with Gasteiger partial charge in [0.15, 0.2) is 0 Å². The van der Waals surface area contributed by atoms with Gasteiger partial charge in [-0.3, -0.25) is 4.79 Å². The number of aromatic nitrogens is 2. The summed E-state index contributed by atoms with van der Waals surface area (Å²) in [7, 11) is 0. The lowest BCUT2D eigenvalue weighted by Gasteiger charge is -2.11. The Balaban J connectivity index is 1.74. The van der Waals surface area contributed by atoms with Crippen LogP contribution in [0.15, 0.2) is 30.3 Å². The smallest absolute Gasteiger partial charge is 0.251 e. The Hall–Kier alpha value is -2.14. The third-order valence-corrected chi connectivity index (χ3v) is 3.78. The Kier molecular flexibility index (Phi) is 3.75. The highest BCUT2D eigenvalue weighted by atomic mass is 16.1. The minimum absolute atomic E-state index is 0.0105. The lowest BCUT2D eigenvalue weighted by atomic mass is 10.1. The number of carbonyl (C=O) groups excluding carboxylic acids is 1. The number of aryl methyl sites for hydroxylation is 2. The molecule has 1 fully saturated rings. The fraction of sp³-hybridized carbons (Fsp3) is 0.375. The fourth-order valence-electron chi connectivity index (χ4n) is 2.69. The van der Waals surface area contributed by atoms with Gasteiger partial charge < -0.3 is 10.6 Å². The number of nitrogens with one attached hydrogen (secondary N) is 2. The van der Waals surface area contributed by atoms with E-state index in [1.165, 1.54) is 0 Å². The van der Waals surface area contributed by atoms with Crippen molar-refractivity contribution in [1.82, 2.24) is 20.4 Å². The van der Waals surface area contributed by atoms with Crippen molar-refractivity contribution < 1.29 is 4.79 Å². The zero-order valence-corrected chi connectivity index (χ0v) is 12.4. The molecule has 0 aliphatic carbocycles. The van der Waals surface area contributed by atoms with Gasteiger partial charge in [0.1, 0.15) is 0 Å². The second kappa shape index (κ2) is 5.69. The van der Waals surface area contributed by atoms with Gasteiger partial charge in [0.05, 0.1) is 11.4 Å². The third-order valence-electron chi connectivity index (χ3n) is 3.78. The molecule has 0 saturated carbocycles. The van der Waals surface area contributed by atoms with E-state index < -0.39 is 0 Å². The number of hydrogen-bond donors (Lipinski definition) is 2. The summed E-state index contributed by atoms with van der Waals surface area (Å²) in [5, 5.41) is 10.7. The SMILES string of the molecule is Cc1cc(C)n(-c2ccc(C(=O)NC3CCNC3)cc2)n1. The molecular weight excluding hydrogens is 264 g/mol. The molecule has 2 heterocycles. The highest BCUT2D eigenvalue weighted by molar-refractivity contribution is 5.94. The molecule has 1 aromatic heterocycles. The normalized spacial score (nSPS) is 17.9. The van der Waals surface area contributed by atoms with E-state index in [1.54, 1.807) is 0 Å². The number of rotatable bonds is 3. The van der Waals surface area contributed by atoms with E-state index in [4.69, 9.17) is 0 Å². The molecule has 2 aromatic rings.